The third kappa shape index (κ3) is 4.75. The molecule has 1 atom stereocenters. The number of benzene rings is 1. The fraction of sp³-hybridized carbons (Fsp3) is 0.400. The van der Waals surface area contributed by atoms with Crippen LogP contribution >= 0.6 is 12.4 Å². The number of rotatable bonds is 6. The Bertz CT molecular complexity index is 813. The van der Waals surface area contributed by atoms with Crippen molar-refractivity contribution >= 4 is 22.4 Å². The van der Waals surface area contributed by atoms with Gasteiger partial charge in [-0.3, -0.25) is 4.68 Å². The van der Waals surface area contributed by atoms with E-state index in [0.29, 0.717) is 0 Å². The van der Waals surface area contributed by atoms with Crippen LogP contribution in [-0.4, -0.2) is 37.7 Å². The van der Waals surface area contributed by atoms with Crippen LogP contribution in [-0.2, 0) is 23.0 Å². The van der Waals surface area contributed by atoms with Gasteiger partial charge in [0.25, 0.3) is 6.43 Å². The Balaban J connectivity index is 0.00000225. The maximum atomic E-state index is 12.3. The summed E-state index contributed by atoms with van der Waals surface area (Å²) in [6.07, 6.45) is 0.500. The summed E-state index contributed by atoms with van der Waals surface area (Å²) in [5.74, 6) is 0. The summed E-state index contributed by atoms with van der Waals surface area (Å²) in [4.78, 5) is -0.118. The number of nitrogens with one attached hydrogen (secondary N) is 2. The minimum atomic E-state index is -3.80. The van der Waals surface area contributed by atoms with E-state index in [0.717, 1.165) is 35.6 Å². The van der Waals surface area contributed by atoms with E-state index in [1.54, 1.807) is 0 Å². The highest BCUT2D eigenvalue weighted by atomic mass is 35.5. The SMILES string of the molecule is Cl.O=S(=O)(NCC1NCCc2ccccc21)c1cnn(CC(F)F)c1. The third-order valence-corrected chi connectivity index (χ3v) is 5.32. The number of halogens is 3. The Morgan fingerprint density at radius 1 is 1.36 bits per heavy atom. The Labute approximate surface area is 151 Å². The largest absolute Gasteiger partial charge is 0.308 e. The van der Waals surface area contributed by atoms with Crippen LogP contribution in [0.2, 0.25) is 0 Å². The van der Waals surface area contributed by atoms with E-state index in [2.05, 4.69) is 15.1 Å². The summed E-state index contributed by atoms with van der Waals surface area (Å²) in [7, 11) is -3.80. The van der Waals surface area contributed by atoms with Crippen molar-refractivity contribution in [1.29, 1.82) is 0 Å². The lowest BCUT2D eigenvalue weighted by molar-refractivity contribution is 0.121. The molecule has 0 spiro atoms. The van der Waals surface area contributed by atoms with Gasteiger partial charge in [-0.15, -0.1) is 12.4 Å². The van der Waals surface area contributed by atoms with Crippen molar-refractivity contribution in [1.82, 2.24) is 19.8 Å². The molecule has 2 heterocycles. The molecule has 6 nitrogen and oxygen atoms in total. The molecule has 2 N–H and O–H groups in total. The highest BCUT2D eigenvalue weighted by Gasteiger charge is 2.23. The first kappa shape index (κ1) is 19.8. The average molecular weight is 393 g/mol. The van der Waals surface area contributed by atoms with Gasteiger partial charge in [-0.05, 0) is 24.1 Å². The topological polar surface area (TPSA) is 76.0 Å². The van der Waals surface area contributed by atoms with Gasteiger partial charge in [-0.25, -0.2) is 21.9 Å². The second-order valence-corrected chi connectivity index (χ2v) is 7.36. The van der Waals surface area contributed by atoms with E-state index in [-0.39, 0.29) is 29.9 Å². The third-order valence-electron chi connectivity index (χ3n) is 3.94. The first-order valence-corrected chi connectivity index (χ1v) is 9.05. The van der Waals surface area contributed by atoms with Crippen molar-refractivity contribution in [3.63, 3.8) is 0 Å². The van der Waals surface area contributed by atoms with Crippen molar-refractivity contribution in [3.8, 4) is 0 Å². The summed E-state index contributed by atoms with van der Waals surface area (Å²) in [6, 6.07) is 7.76. The number of hydrogen-bond acceptors (Lipinski definition) is 4. The predicted molar refractivity (Wildman–Crippen MR) is 91.6 cm³/mol. The predicted octanol–water partition coefficient (Wildman–Crippen LogP) is 1.74. The van der Waals surface area contributed by atoms with Crippen molar-refractivity contribution < 1.29 is 17.2 Å². The summed E-state index contributed by atoms with van der Waals surface area (Å²) in [6.45, 7) is 0.322. The number of sulfonamides is 1. The molecule has 0 amide bonds. The molecule has 25 heavy (non-hydrogen) atoms. The summed E-state index contributed by atoms with van der Waals surface area (Å²) in [5.41, 5.74) is 2.27. The molecule has 0 saturated carbocycles. The number of alkyl halides is 2. The number of aromatic nitrogens is 2. The zero-order valence-corrected chi connectivity index (χ0v) is 14.9. The Kier molecular flexibility index (Phi) is 6.50. The van der Waals surface area contributed by atoms with Crippen molar-refractivity contribution in [2.45, 2.75) is 30.3 Å². The molecule has 0 saturated heterocycles. The second-order valence-electron chi connectivity index (χ2n) is 5.60. The number of nitrogens with zero attached hydrogens (tertiary/aromatic N) is 2. The Morgan fingerprint density at radius 3 is 2.88 bits per heavy atom. The fourth-order valence-corrected chi connectivity index (χ4v) is 3.78. The first-order valence-electron chi connectivity index (χ1n) is 7.57. The highest BCUT2D eigenvalue weighted by molar-refractivity contribution is 7.89. The van der Waals surface area contributed by atoms with Crippen LogP contribution in [0.5, 0.6) is 0 Å². The Morgan fingerprint density at radius 2 is 2.12 bits per heavy atom. The highest BCUT2D eigenvalue weighted by Crippen LogP contribution is 2.22. The average Bonchev–Trinajstić information content (AvgIpc) is 3.01. The van der Waals surface area contributed by atoms with Gasteiger partial charge >= 0.3 is 0 Å². The maximum absolute atomic E-state index is 12.3. The minimum absolute atomic E-state index is 0. The molecule has 1 aliphatic rings. The van der Waals surface area contributed by atoms with Gasteiger partial charge in [0.1, 0.15) is 11.4 Å². The van der Waals surface area contributed by atoms with Crippen molar-refractivity contribution in [2.75, 3.05) is 13.1 Å². The van der Waals surface area contributed by atoms with Gasteiger partial charge in [0.15, 0.2) is 0 Å². The van der Waals surface area contributed by atoms with Crippen molar-refractivity contribution in [2.24, 2.45) is 0 Å². The summed E-state index contributed by atoms with van der Waals surface area (Å²) in [5, 5.41) is 6.94. The second kappa shape index (κ2) is 8.22. The smallest absolute Gasteiger partial charge is 0.257 e. The lowest BCUT2D eigenvalue weighted by Gasteiger charge is -2.27. The van der Waals surface area contributed by atoms with Crippen LogP contribution in [0.15, 0.2) is 41.6 Å². The molecule has 10 heteroatoms. The molecular weight excluding hydrogens is 374 g/mol. The van der Waals surface area contributed by atoms with Crippen LogP contribution < -0.4 is 10.0 Å². The van der Waals surface area contributed by atoms with Gasteiger partial charge < -0.3 is 5.32 Å². The molecular formula is C15H19ClF2N4O2S. The van der Waals surface area contributed by atoms with Gasteiger partial charge in [-0.1, -0.05) is 24.3 Å². The summed E-state index contributed by atoms with van der Waals surface area (Å²) >= 11 is 0. The zero-order valence-electron chi connectivity index (χ0n) is 13.2. The molecule has 3 rings (SSSR count). The lowest BCUT2D eigenvalue weighted by atomic mass is 9.95. The maximum Gasteiger partial charge on any atom is 0.257 e. The zero-order chi connectivity index (χ0) is 17.2. The Hall–Kier alpha value is -1.55. The monoisotopic (exact) mass is 392 g/mol. The molecule has 0 radical (unpaired) electrons. The van der Waals surface area contributed by atoms with Crippen LogP contribution in [0.25, 0.3) is 0 Å². The van der Waals surface area contributed by atoms with Crippen LogP contribution in [0.1, 0.15) is 17.2 Å². The standard InChI is InChI=1S/C15H18F2N4O2S.ClH/c16-15(17)10-21-9-12(7-19-21)24(22,23)20-8-14-13-4-2-1-3-11(13)5-6-18-14;/h1-4,7,9,14-15,18,20H,5-6,8,10H2;1H. The van der Waals surface area contributed by atoms with Gasteiger partial charge in [0.05, 0.1) is 6.20 Å². The fourth-order valence-electron chi connectivity index (χ4n) is 2.78. The lowest BCUT2D eigenvalue weighted by Crippen LogP contribution is -2.38. The van der Waals surface area contributed by atoms with Crippen LogP contribution in [0.3, 0.4) is 0 Å². The first-order chi connectivity index (χ1) is 11.5. The normalized spacial score (nSPS) is 17.2. The van der Waals surface area contributed by atoms with E-state index < -0.39 is 23.0 Å². The van der Waals surface area contributed by atoms with Gasteiger partial charge in [0, 0.05) is 18.8 Å². The van der Waals surface area contributed by atoms with E-state index in [1.807, 2.05) is 24.3 Å². The molecule has 0 bridgehead atoms. The number of hydrogen-bond donors (Lipinski definition) is 2. The van der Waals surface area contributed by atoms with E-state index in [9.17, 15) is 17.2 Å². The summed E-state index contributed by atoms with van der Waals surface area (Å²) < 4.78 is 52.7. The molecule has 0 fully saturated rings. The van der Waals surface area contributed by atoms with Crippen LogP contribution in [0, 0.1) is 0 Å². The van der Waals surface area contributed by atoms with E-state index in [1.165, 1.54) is 5.56 Å². The molecule has 1 aromatic carbocycles. The molecule has 1 aromatic heterocycles. The molecule has 1 aliphatic heterocycles. The minimum Gasteiger partial charge on any atom is -0.308 e. The molecule has 1 unspecified atom stereocenters. The van der Waals surface area contributed by atoms with Gasteiger partial charge in [0.2, 0.25) is 10.0 Å². The molecule has 138 valence electrons. The van der Waals surface area contributed by atoms with E-state index >= 15 is 0 Å². The quantitative estimate of drug-likeness (QED) is 0.785. The van der Waals surface area contributed by atoms with Crippen LogP contribution in [0.4, 0.5) is 8.78 Å². The van der Waals surface area contributed by atoms with E-state index in [4.69, 9.17) is 0 Å². The van der Waals surface area contributed by atoms with Gasteiger partial charge in [-0.2, -0.15) is 5.10 Å². The number of fused-ring (bicyclic) bond motifs is 1. The molecule has 2 aromatic rings. The molecule has 0 aliphatic carbocycles. The van der Waals surface area contributed by atoms with Crippen molar-refractivity contribution in [3.05, 3.63) is 47.8 Å².